The lowest BCUT2D eigenvalue weighted by molar-refractivity contribution is 0.169. The van der Waals surface area contributed by atoms with Gasteiger partial charge in [0.2, 0.25) is 0 Å². The van der Waals surface area contributed by atoms with Crippen molar-refractivity contribution in [1.29, 1.82) is 5.26 Å². The zero-order valence-electron chi connectivity index (χ0n) is 9.24. The van der Waals surface area contributed by atoms with Gasteiger partial charge in [-0.25, -0.2) is 0 Å². The molecule has 0 spiro atoms. The SMILES string of the molecule is CCC(O)c1ccc(C#N)c(C)c1OC. The maximum Gasteiger partial charge on any atom is 0.128 e. The summed E-state index contributed by atoms with van der Waals surface area (Å²) in [5, 5.41) is 18.6. The topological polar surface area (TPSA) is 53.2 Å². The number of aliphatic hydroxyl groups is 1. The van der Waals surface area contributed by atoms with E-state index in [1.54, 1.807) is 19.2 Å². The van der Waals surface area contributed by atoms with Crippen molar-refractivity contribution in [3.05, 3.63) is 28.8 Å². The molecule has 3 heteroatoms. The average Bonchev–Trinajstić information content (AvgIpc) is 2.27. The second kappa shape index (κ2) is 4.81. The first-order valence-electron chi connectivity index (χ1n) is 4.91. The van der Waals surface area contributed by atoms with Gasteiger partial charge in [-0.05, 0) is 19.4 Å². The lowest BCUT2D eigenvalue weighted by Gasteiger charge is -2.15. The van der Waals surface area contributed by atoms with Gasteiger partial charge in [-0.15, -0.1) is 0 Å². The molecular formula is C12H15NO2. The fourth-order valence-electron chi connectivity index (χ4n) is 1.59. The van der Waals surface area contributed by atoms with Crippen LogP contribution in [0.15, 0.2) is 12.1 Å². The second-order valence-corrected chi connectivity index (χ2v) is 3.40. The van der Waals surface area contributed by atoms with Gasteiger partial charge in [0.05, 0.1) is 24.8 Å². The maximum atomic E-state index is 9.77. The summed E-state index contributed by atoms with van der Waals surface area (Å²) in [6.45, 7) is 3.72. The molecule has 3 nitrogen and oxygen atoms in total. The van der Waals surface area contributed by atoms with Gasteiger partial charge in [0, 0.05) is 11.1 Å². The third kappa shape index (κ3) is 2.11. The maximum absolute atomic E-state index is 9.77. The number of hydrogen-bond acceptors (Lipinski definition) is 3. The lowest BCUT2D eigenvalue weighted by Crippen LogP contribution is -2.02. The van der Waals surface area contributed by atoms with Crippen LogP contribution in [0.3, 0.4) is 0 Å². The molecule has 1 N–H and O–H groups in total. The first-order valence-corrected chi connectivity index (χ1v) is 4.91. The van der Waals surface area contributed by atoms with Gasteiger partial charge < -0.3 is 9.84 Å². The number of nitrogens with zero attached hydrogens (tertiary/aromatic N) is 1. The van der Waals surface area contributed by atoms with Gasteiger partial charge in [-0.1, -0.05) is 13.0 Å². The summed E-state index contributed by atoms with van der Waals surface area (Å²) in [6, 6.07) is 5.56. The molecule has 0 aliphatic carbocycles. The average molecular weight is 205 g/mol. The van der Waals surface area contributed by atoms with Crippen LogP contribution < -0.4 is 4.74 Å². The first-order chi connectivity index (χ1) is 7.15. The molecule has 1 aromatic carbocycles. The predicted octanol–water partition coefficient (Wildman–Crippen LogP) is 2.32. The summed E-state index contributed by atoms with van der Waals surface area (Å²) in [5.74, 6) is 0.614. The number of hydrogen-bond donors (Lipinski definition) is 1. The molecule has 0 saturated heterocycles. The molecule has 0 amide bonds. The molecule has 0 aliphatic rings. The fraction of sp³-hybridized carbons (Fsp3) is 0.417. The summed E-state index contributed by atoms with van der Waals surface area (Å²) >= 11 is 0. The summed E-state index contributed by atoms with van der Waals surface area (Å²) in [5.41, 5.74) is 2.11. The largest absolute Gasteiger partial charge is 0.496 e. The molecule has 0 radical (unpaired) electrons. The Kier molecular flexibility index (Phi) is 3.70. The summed E-state index contributed by atoms with van der Waals surface area (Å²) in [6.07, 6.45) is 0.0909. The van der Waals surface area contributed by atoms with E-state index in [0.717, 1.165) is 11.1 Å². The highest BCUT2D eigenvalue weighted by Crippen LogP contribution is 2.31. The van der Waals surface area contributed by atoms with Crippen LogP contribution in [0.5, 0.6) is 5.75 Å². The van der Waals surface area contributed by atoms with Crippen molar-refractivity contribution in [3.63, 3.8) is 0 Å². The standard InChI is InChI=1S/C12H15NO2/c1-4-11(14)10-6-5-9(7-13)8(2)12(10)15-3/h5-6,11,14H,4H2,1-3H3. The number of rotatable bonds is 3. The first kappa shape index (κ1) is 11.5. The highest BCUT2D eigenvalue weighted by atomic mass is 16.5. The van der Waals surface area contributed by atoms with E-state index in [-0.39, 0.29) is 0 Å². The van der Waals surface area contributed by atoms with E-state index >= 15 is 0 Å². The van der Waals surface area contributed by atoms with Crippen LogP contribution in [-0.4, -0.2) is 12.2 Å². The predicted molar refractivity (Wildman–Crippen MR) is 57.7 cm³/mol. The Hall–Kier alpha value is -1.53. The minimum atomic E-state index is -0.536. The molecule has 1 atom stereocenters. The van der Waals surface area contributed by atoms with Gasteiger partial charge in [-0.3, -0.25) is 0 Å². The smallest absolute Gasteiger partial charge is 0.128 e. The molecule has 0 fully saturated rings. The molecule has 1 unspecified atom stereocenters. The third-order valence-electron chi connectivity index (χ3n) is 2.51. The van der Waals surface area contributed by atoms with Crippen LogP contribution in [0.4, 0.5) is 0 Å². The Morgan fingerprint density at radius 1 is 1.53 bits per heavy atom. The molecular weight excluding hydrogens is 190 g/mol. The molecule has 15 heavy (non-hydrogen) atoms. The van der Waals surface area contributed by atoms with E-state index in [0.29, 0.717) is 17.7 Å². The van der Waals surface area contributed by atoms with Gasteiger partial charge >= 0.3 is 0 Å². The van der Waals surface area contributed by atoms with Crippen molar-refractivity contribution in [2.24, 2.45) is 0 Å². The van der Waals surface area contributed by atoms with Crippen molar-refractivity contribution >= 4 is 0 Å². The van der Waals surface area contributed by atoms with Crippen LogP contribution in [0.2, 0.25) is 0 Å². The third-order valence-corrected chi connectivity index (χ3v) is 2.51. The molecule has 1 aromatic rings. The van der Waals surface area contributed by atoms with Gasteiger partial charge in [0.25, 0.3) is 0 Å². The Balaban J connectivity index is 3.32. The van der Waals surface area contributed by atoms with Crippen molar-refractivity contribution in [3.8, 4) is 11.8 Å². The van der Waals surface area contributed by atoms with Gasteiger partial charge in [0.1, 0.15) is 5.75 Å². The number of ether oxygens (including phenoxy) is 1. The molecule has 0 aromatic heterocycles. The minimum Gasteiger partial charge on any atom is -0.496 e. The summed E-state index contributed by atoms with van der Waals surface area (Å²) in [7, 11) is 1.55. The molecule has 80 valence electrons. The lowest BCUT2D eigenvalue weighted by atomic mass is 9.99. The van der Waals surface area contributed by atoms with E-state index in [9.17, 15) is 5.11 Å². The molecule has 0 bridgehead atoms. The monoisotopic (exact) mass is 205 g/mol. The quantitative estimate of drug-likeness (QED) is 0.823. The normalized spacial score (nSPS) is 11.9. The summed E-state index contributed by atoms with van der Waals surface area (Å²) < 4.78 is 5.23. The molecule has 0 aliphatic heterocycles. The minimum absolute atomic E-state index is 0.536. The van der Waals surface area contributed by atoms with Crippen LogP contribution in [0, 0.1) is 18.3 Å². The molecule has 0 saturated carbocycles. The zero-order chi connectivity index (χ0) is 11.4. The zero-order valence-corrected chi connectivity index (χ0v) is 9.24. The number of methoxy groups -OCH3 is 1. The van der Waals surface area contributed by atoms with E-state index in [1.807, 2.05) is 13.8 Å². The Bertz CT molecular complexity index is 393. The fourth-order valence-corrected chi connectivity index (χ4v) is 1.59. The van der Waals surface area contributed by atoms with Crippen molar-refractivity contribution in [2.45, 2.75) is 26.4 Å². The van der Waals surface area contributed by atoms with E-state index < -0.39 is 6.10 Å². The highest BCUT2D eigenvalue weighted by Gasteiger charge is 2.15. The van der Waals surface area contributed by atoms with Crippen molar-refractivity contribution in [2.75, 3.05) is 7.11 Å². The number of nitriles is 1. The Morgan fingerprint density at radius 3 is 2.67 bits per heavy atom. The van der Waals surface area contributed by atoms with Crippen molar-refractivity contribution < 1.29 is 9.84 Å². The van der Waals surface area contributed by atoms with Crippen LogP contribution >= 0.6 is 0 Å². The van der Waals surface area contributed by atoms with E-state index in [4.69, 9.17) is 10.00 Å². The molecule has 1 rings (SSSR count). The van der Waals surface area contributed by atoms with Gasteiger partial charge in [0.15, 0.2) is 0 Å². The number of benzene rings is 1. The van der Waals surface area contributed by atoms with Gasteiger partial charge in [-0.2, -0.15) is 5.26 Å². The van der Waals surface area contributed by atoms with E-state index in [1.165, 1.54) is 0 Å². The van der Waals surface area contributed by atoms with Crippen LogP contribution in [0.1, 0.15) is 36.1 Å². The molecule has 0 heterocycles. The number of aliphatic hydroxyl groups excluding tert-OH is 1. The van der Waals surface area contributed by atoms with Crippen LogP contribution in [-0.2, 0) is 0 Å². The van der Waals surface area contributed by atoms with Crippen LogP contribution in [0.25, 0.3) is 0 Å². The Labute approximate surface area is 89.9 Å². The van der Waals surface area contributed by atoms with Crippen molar-refractivity contribution in [1.82, 2.24) is 0 Å². The highest BCUT2D eigenvalue weighted by molar-refractivity contribution is 5.51. The summed E-state index contributed by atoms with van der Waals surface area (Å²) in [4.78, 5) is 0. The Morgan fingerprint density at radius 2 is 2.20 bits per heavy atom. The van der Waals surface area contributed by atoms with E-state index in [2.05, 4.69) is 6.07 Å². The second-order valence-electron chi connectivity index (χ2n) is 3.40.